The number of aliphatic hydroxyl groups excluding tert-OH is 1. The van der Waals surface area contributed by atoms with Crippen molar-refractivity contribution >= 4 is 11.8 Å². The second kappa shape index (κ2) is 5.66. The zero-order chi connectivity index (χ0) is 12.4. The predicted octanol–water partition coefficient (Wildman–Crippen LogP) is 4.03. The van der Waals surface area contributed by atoms with Crippen LogP contribution in [0.3, 0.4) is 0 Å². The quantitative estimate of drug-likeness (QED) is 0.884. The minimum Gasteiger partial charge on any atom is -0.392 e. The van der Waals surface area contributed by atoms with Gasteiger partial charge >= 0.3 is 0 Å². The van der Waals surface area contributed by atoms with Crippen LogP contribution in [0.25, 0.3) is 0 Å². The Hall–Kier alpha value is -0.470. The molecule has 1 aromatic carbocycles. The predicted molar refractivity (Wildman–Crippen MR) is 77.0 cm³/mol. The maximum Gasteiger partial charge on any atom is 0.0665 e. The highest BCUT2D eigenvalue weighted by atomic mass is 32.2. The van der Waals surface area contributed by atoms with E-state index in [1.807, 2.05) is 11.8 Å². The van der Waals surface area contributed by atoms with Gasteiger partial charge in [-0.2, -0.15) is 0 Å². The Balaban J connectivity index is 1.50. The standard InChI is InChI=1S/C16H22OS/c17-14(10-9-12-5-1-2-6-12)16-11-13-7-3-4-8-15(13)18-16/h3-4,7-8,12,14,16-17H,1-2,5-6,9-11H2. The topological polar surface area (TPSA) is 20.2 Å². The Morgan fingerprint density at radius 2 is 2.00 bits per heavy atom. The zero-order valence-electron chi connectivity index (χ0n) is 10.8. The van der Waals surface area contributed by atoms with Crippen LogP contribution in [-0.2, 0) is 6.42 Å². The zero-order valence-corrected chi connectivity index (χ0v) is 11.7. The molecule has 1 heterocycles. The molecule has 1 aliphatic carbocycles. The lowest BCUT2D eigenvalue weighted by atomic mass is 9.97. The molecule has 1 aliphatic heterocycles. The Kier molecular flexibility index (Phi) is 3.95. The molecule has 0 bridgehead atoms. The average Bonchev–Trinajstić information content (AvgIpc) is 3.04. The second-order valence-corrected chi connectivity index (χ2v) is 7.04. The van der Waals surface area contributed by atoms with Crippen LogP contribution in [0.15, 0.2) is 29.2 Å². The van der Waals surface area contributed by atoms with E-state index < -0.39 is 0 Å². The van der Waals surface area contributed by atoms with Gasteiger partial charge in [-0.25, -0.2) is 0 Å². The first kappa shape index (κ1) is 12.6. The summed E-state index contributed by atoms with van der Waals surface area (Å²) < 4.78 is 0. The van der Waals surface area contributed by atoms with Gasteiger partial charge in [0.05, 0.1) is 6.10 Å². The Labute approximate surface area is 114 Å². The maximum absolute atomic E-state index is 10.4. The van der Waals surface area contributed by atoms with E-state index in [9.17, 15) is 5.11 Å². The monoisotopic (exact) mass is 262 g/mol. The second-order valence-electron chi connectivity index (χ2n) is 5.76. The van der Waals surface area contributed by atoms with Crippen molar-refractivity contribution in [1.29, 1.82) is 0 Å². The molecular formula is C16H22OS. The number of thioether (sulfide) groups is 1. The van der Waals surface area contributed by atoms with Gasteiger partial charge in [0.2, 0.25) is 0 Å². The van der Waals surface area contributed by atoms with Crippen LogP contribution in [0.4, 0.5) is 0 Å². The smallest absolute Gasteiger partial charge is 0.0665 e. The van der Waals surface area contributed by atoms with Gasteiger partial charge in [0.25, 0.3) is 0 Å². The van der Waals surface area contributed by atoms with E-state index in [0.29, 0.717) is 5.25 Å². The molecule has 0 saturated heterocycles. The highest BCUT2D eigenvalue weighted by Crippen LogP contribution is 2.40. The molecule has 1 fully saturated rings. The number of rotatable bonds is 4. The van der Waals surface area contributed by atoms with E-state index >= 15 is 0 Å². The average molecular weight is 262 g/mol. The molecule has 98 valence electrons. The van der Waals surface area contributed by atoms with Crippen molar-refractivity contribution in [3.05, 3.63) is 29.8 Å². The first-order valence-electron chi connectivity index (χ1n) is 7.25. The van der Waals surface area contributed by atoms with E-state index in [1.54, 1.807) is 0 Å². The largest absolute Gasteiger partial charge is 0.392 e. The summed E-state index contributed by atoms with van der Waals surface area (Å²) in [5, 5.41) is 10.8. The first-order valence-corrected chi connectivity index (χ1v) is 8.13. The van der Waals surface area contributed by atoms with E-state index in [-0.39, 0.29) is 6.10 Å². The summed E-state index contributed by atoms with van der Waals surface area (Å²) in [6, 6.07) is 8.58. The van der Waals surface area contributed by atoms with Gasteiger partial charge in [-0.15, -0.1) is 11.8 Å². The fraction of sp³-hybridized carbons (Fsp3) is 0.625. The summed E-state index contributed by atoms with van der Waals surface area (Å²) >= 11 is 1.88. The van der Waals surface area contributed by atoms with Gasteiger partial charge < -0.3 is 5.11 Å². The molecule has 0 spiro atoms. The first-order chi connectivity index (χ1) is 8.83. The molecule has 2 aliphatic rings. The molecule has 1 saturated carbocycles. The summed E-state index contributed by atoms with van der Waals surface area (Å²) in [7, 11) is 0. The molecule has 2 heteroatoms. The van der Waals surface area contributed by atoms with Gasteiger partial charge in [0.15, 0.2) is 0 Å². The molecule has 1 N–H and O–H groups in total. The number of benzene rings is 1. The van der Waals surface area contributed by atoms with E-state index in [4.69, 9.17) is 0 Å². The Morgan fingerprint density at radius 1 is 1.22 bits per heavy atom. The molecular weight excluding hydrogens is 240 g/mol. The molecule has 18 heavy (non-hydrogen) atoms. The normalized spacial score (nSPS) is 25.3. The van der Waals surface area contributed by atoms with Crippen LogP contribution in [0.1, 0.15) is 44.1 Å². The van der Waals surface area contributed by atoms with Crippen molar-refractivity contribution in [1.82, 2.24) is 0 Å². The summed E-state index contributed by atoms with van der Waals surface area (Å²) in [5.74, 6) is 0.897. The van der Waals surface area contributed by atoms with Gasteiger partial charge in [-0.3, -0.25) is 0 Å². The minimum absolute atomic E-state index is 0.122. The number of hydrogen-bond donors (Lipinski definition) is 1. The third-order valence-electron chi connectivity index (χ3n) is 4.45. The van der Waals surface area contributed by atoms with Crippen LogP contribution < -0.4 is 0 Å². The van der Waals surface area contributed by atoms with Crippen molar-refractivity contribution < 1.29 is 5.11 Å². The number of hydrogen-bond acceptors (Lipinski definition) is 2. The minimum atomic E-state index is -0.122. The number of aliphatic hydroxyl groups is 1. The summed E-state index contributed by atoms with van der Waals surface area (Å²) in [6.07, 6.45) is 8.75. The Morgan fingerprint density at radius 3 is 2.78 bits per heavy atom. The lowest BCUT2D eigenvalue weighted by Crippen LogP contribution is -2.23. The Bertz CT molecular complexity index is 373. The van der Waals surface area contributed by atoms with E-state index in [1.165, 1.54) is 42.6 Å². The lowest BCUT2D eigenvalue weighted by molar-refractivity contribution is 0.152. The van der Waals surface area contributed by atoms with Crippen molar-refractivity contribution in [2.45, 2.75) is 61.2 Å². The van der Waals surface area contributed by atoms with E-state index in [2.05, 4.69) is 24.3 Å². The van der Waals surface area contributed by atoms with Gasteiger partial charge in [0.1, 0.15) is 0 Å². The fourth-order valence-electron chi connectivity index (χ4n) is 3.31. The SMILES string of the molecule is OC(CCC1CCCC1)C1Cc2ccccc2S1. The highest BCUT2D eigenvalue weighted by molar-refractivity contribution is 8.00. The van der Waals surface area contributed by atoms with Crippen molar-refractivity contribution in [3.8, 4) is 0 Å². The summed E-state index contributed by atoms with van der Waals surface area (Å²) in [6.45, 7) is 0. The molecule has 3 rings (SSSR count). The van der Waals surface area contributed by atoms with Gasteiger partial charge in [-0.1, -0.05) is 43.9 Å². The van der Waals surface area contributed by atoms with Crippen LogP contribution in [0.2, 0.25) is 0 Å². The van der Waals surface area contributed by atoms with Gasteiger partial charge in [0, 0.05) is 10.1 Å². The van der Waals surface area contributed by atoms with Crippen LogP contribution >= 0.6 is 11.8 Å². The molecule has 0 radical (unpaired) electrons. The molecule has 0 aromatic heterocycles. The molecule has 1 aromatic rings. The third-order valence-corrected chi connectivity index (χ3v) is 5.88. The molecule has 0 amide bonds. The fourth-order valence-corrected chi connectivity index (χ4v) is 4.66. The number of fused-ring (bicyclic) bond motifs is 1. The van der Waals surface area contributed by atoms with Crippen LogP contribution in [-0.4, -0.2) is 16.5 Å². The van der Waals surface area contributed by atoms with Crippen LogP contribution in [0, 0.1) is 5.92 Å². The van der Waals surface area contributed by atoms with Gasteiger partial charge in [-0.05, 0) is 36.8 Å². The molecule has 2 unspecified atom stereocenters. The molecule has 1 nitrogen and oxygen atoms in total. The summed E-state index contributed by atoms with van der Waals surface area (Å²) in [4.78, 5) is 1.38. The maximum atomic E-state index is 10.4. The van der Waals surface area contributed by atoms with Crippen molar-refractivity contribution in [3.63, 3.8) is 0 Å². The van der Waals surface area contributed by atoms with E-state index in [0.717, 1.165) is 18.8 Å². The van der Waals surface area contributed by atoms with Crippen molar-refractivity contribution in [2.24, 2.45) is 5.92 Å². The highest BCUT2D eigenvalue weighted by Gasteiger charge is 2.28. The molecule has 2 atom stereocenters. The van der Waals surface area contributed by atoms with Crippen LogP contribution in [0.5, 0.6) is 0 Å². The lowest BCUT2D eigenvalue weighted by Gasteiger charge is -2.18. The third kappa shape index (κ3) is 2.75. The summed E-state index contributed by atoms with van der Waals surface area (Å²) in [5.41, 5.74) is 1.42. The van der Waals surface area contributed by atoms with Crippen molar-refractivity contribution in [2.75, 3.05) is 0 Å².